The molecule has 4 heteroatoms. The average Bonchev–Trinajstić information content (AvgIpc) is 2.69. The Balaban J connectivity index is 1.40. The van der Waals surface area contributed by atoms with E-state index in [1.165, 1.54) is 24.8 Å². The number of piperazine rings is 1. The van der Waals surface area contributed by atoms with E-state index in [9.17, 15) is 4.79 Å². The summed E-state index contributed by atoms with van der Waals surface area (Å²) in [6, 6.07) is 10.9. The molecule has 1 atom stereocenters. The minimum atomic E-state index is 0.142. The molecule has 1 aromatic rings. The summed E-state index contributed by atoms with van der Waals surface area (Å²) in [5, 5.41) is 0. The Morgan fingerprint density at radius 3 is 2.52 bits per heavy atom. The molecular formula is C21H33N3O. The SMILES string of the molecule is CCN1CCCC[C@H]1C(=O)N1CCN(CCCc2ccccc2)CC1. The first-order valence-electron chi connectivity index (χ1n) is 10.1. The Kier molecular flexibility index (Phi) is 6.88. The van der Waals surface area contributed by atoms with Crippen LogP contribution < -0.4 is 0 Å². The van der Waals surface area contributed by atoms with Crippen molar-refractivity contribution < 1.29 is 4.79 Å². The monoisotopic (exact) mass is 343 g/mol. The van der Waals surface area contributed by atoms with Gasteiger partial charge in [-0.1, -0.05) is 43.7 Å². The van der Waals surface area contributed by atoms with E-state index in [0.29, 0.717) is 5.91 Å². The van der Waals surface area contributed by atoms with E-state index in [2.05, 4.69) is 52.0 Å². The molecule has 1 amide bonds. The number of hydrogen-bond acceptors (Lipinski definition) is 3. The number of benzene rings is 1. The molecule has 2 heterocycles. The third-order valence-electron chi connectivity index (χ3n) is 5.77. The van der Waals surface area contributed by atoms with Gasteiger partial charge < -0.3 is 4.90 Å². The van der Waals surface area contributed by atoms with Crippen molar-refractivity contribution in [3.8, 4) is 0 Å². The summed E-state index contributed by atoms with van der Waals surface area (Å²) in [7, 11) is 0. The van der Waals surface area contributed by atoms with E-state index >= 15 is 0 Å². The zero-order chi connectivity index (χ0) is 17.5. The Bertz CT molecular complexity index is 525. The Labute approximate surface area is 152 Å². The van der Waals surface area contributed by atoms with Gasteiger partial charge in [-0.05, 0) is 50.9 Å². The third kappa shape index (κ3) is 5.05. The van der Waals surface area contributed by atoms with E-state index in [1.807, 2.05) is 0 Å². The highest BCUT2D eigenvalue weighted by Gasteiger charge is 2.32. The third-order valence-corrected chi connectivity index (χ3v) is 5.77. The number of rotatable bonds is 6. The van der Waals surface area contributed by atoms with Crippen LogP contribution >= 0.6 is 0 Å². The summed E-state index contributed by atoms with van der Waals surface area (Å²) in [5.41, 5.74) is 1.42. The van der Waals surface area contributed by atoms with E-state index in [0.717, 1.165) is 58.7 Å². The fourth-order valence-electron chi connectivity index (χ4n) is 4.20. The van der Waals surface area contributed by atoms with Gasteiger partial charge in [0.05, 0.1) is 6.04 Å². The minimum Gasteiger partial charge on any atom is -0.339 e. The van der Waals surface area contributed by atoms with Gasteiger partial charge in [-0.3, -0.25) is 14.6 Å². The van der Waals surface area contributed by atoms with Gasteiger partial charge in [-0.15, -0.1) is 0 Å². The smallest absolute Gasteiger partial charge is 0.240 e. The molecule has 0 radical (unpaired) electrons. The number of hydrogen-bond donors (Lipinski definition) is 0. The molecule has 2 aliphatic rings. The van der Waals surface area contributed by atoms with E-state index in [1.54, 1.807) is 0 Å². The Hall–Kier alpha value is -1.39. The summed E-state index contributed by atoms with van der Waals surface area (Å²) in [6.45, 7) is 9.26. The Morgan fingerprint density at radius 1 is 1.04 bits per heavy atom. The summed E-state index contributed by atoms with van der Waals surface area (Å²) in [6.07, 6.45) is 5.83. The van der Waals surface area contributed by atoms with Gasteiger partial charge >= 0.3 is 0 Å². The van der Waals surface area contributed by atoms with Gasteiger partial charge in [-0.2, -0.15) is 0 Å². The predicted molar refractivity (Wildman–Crippen MR) is 103 cm³/mol. The van der Waals surface area contributed by atoms with Crippen molar-refractivity contribution in [3.63, 3.8) is 0 Å². The number of carbonyl (C=O) groups excluding carboxylic acids is 1. The fourth-order valence-corrected chi connectivity index (χ4v) is 4.20. The van der Waals surface area contributed by atoms with E-state index < -0.39 is 0 Å². The number of piperidine rings is 1. The quantitative estimate of drug-likeness (QED) is 0.794. The topological polar surface area (TPSA) is 26.8 Å². The molecule has 25 heavy (non-hydrogen) atoms. The number of nitrogens with zero attached hydrogens (tertiary/aromatic N) is 3. The number of amides is 1. The minimum absolute atomic E-state index is 0.142. The first kappa shape index (κ1) is 18.4. The van der Waals surface area contributed by atoms with E-state index in [4.69, 9.17) is 0 Å². The molecule has 0 N–H and O–H groups in total. The molecule has 4 nitrogen and oxygen atoms in total. The largest absolute Gasteiger partial charge is 0.339 e. The van der Waals surface area contributed by atoms with Gasteiger partial charge in [0, 0.05) is 26.2 Å². The zero-order valence-electron chi connectivity index (χ0n) is 15.7. The van der Waals surface area contributed by atoms with Gasteiger partial charge in [0.1, 0.15) is 0 Å². The van der Waals surface area contributed by atoms with E-state index in [-0.39, 0.29) is 6.04 Å². The lowest BCUT2D eigenvalue weighted by Gasteiger charge is -2.40. The molecule has 2 saturated heterocycles. The molecule has 0 unspecified atom stereocenters. The number of likely N-dealkylation sites (N-methyl/N-ethyl adjacent to an activating group) is 1. The van der Waals surface area contributed by atoms with Crippen LogP contribution in [0.25, 0.3) is 0 Å². The van der Waals surface area contributed by atoms with Crippen LogP contribution in [0.5, 0.6) is 0 Å². The number of likely N-dealkylation sites (tertiary alicyclic amines) is 1. The lowest BCUT2D eigenvalue weighted by Crippen LogP contribution is -2.56. The second-order valence-electron chi connectivity index (χ2n) is 7.40. The lowest BCUT2D eigenvalue weighted by molar-refractivity contribution is -0.140. The fraction of sp³-hybridized carbons (Fsp3) is 0.667. The van der Waals surface area contributed by atoms with Gasteiger partial charge in [0.25, 0.3) is 0 Å². The maximum absolute atomic E-state index is 12.9. The maximum atomic E-state index is 12.9. The first-order valence-corrected chi connectivity index (χ1v) is 10.1. The highest BCUT2D eigenvalue weighted by molar-refractivity contribution is 5.82. The van der Waals surface area contributed by atoms with Crippen molar-refractivity contribution in [1.29, 1.82) is 0 Å². The molecule has 0 aromatic heterocycles. The molecule has 0 spiro atoms. The van der Waals surface area contributed by atoms with Crippen LogP contribution in [0.2, 0.25) is 0 Å². The van der Waals surface area contributed by atoms with Crippen LogP contribution in [0.15, 0.2) is 30.3 Å². The van der Waals surface area contributed by atoms with Crippen LogP contribution in [-0.4, -0.2) is 72.5 Å². The number of aryl methyl sites for hydroxylation is 1. The molecule has 0 saturated carbocycles. The molecule has 3 rings (SSSR count). The van der Waals surface area contributed by atoms with Gasteiger partial charge in [0.15, 0.2) is 0 Å². The highest BCUT2D eigenvalue weighted by atomic mass is 16.2. The van der Waals surface area contributed by atoms with Crippen molar-refractivity contribution in [3.05, 3.63) is 35.9 Å². The summed E-state index contributed by atoms with van der Waals surface area (Å²) < 4.78 is 0. The van der Waals surface area contributed by atoms with Crippen molar-refractivity contribution >= 4 is 5.91 Å². The lowest BCUT2D eigenvalue weighted by atomic mass is 10.0. The van der Waals surface area contributed by atoms with Crippen LogP contribution in [-0.2, 0) is 11.2 Å². The molecule has 2 fully saturated rings. The summed E-state index contributed by atoms with van der Waals surface area (Å²) in [4.78, 5) is 19.9. The molecule has 0 aliphatic carbocycles. The van der Waals surface area contributed by atoms with Crippen LogP contribution in [0, 0.1) is 0 Å². The van der Waals surface area contributed by atoms with Crippen molar-refractivity contribution in [2.24, 2.45) is 0 Å². The van der Waals surface area contributed by atoms with Crippen LogP contribution in [0.3, 0.4) is 0 Å². The standard InChI is InChI=1S/C21H33N3O/c1-2-23-14-7-6-12-20(23)21(25)24-17-15-22(16-18-24)13-8-11-19-9-4-3-5-10-19/h3-5,9-10,20H,2,6-8,11-18H2,1H3/t20-/m0/s1. The first-order chi connectivity index (χ1) is 12.3. The highest BCUT2D eigenvalue weighted by Crippen LogP contribution is 2.19. The summed E-state index contributed by atoms with van der Waals surface area (Å²) >= 11 is 0. The van der Waals surface area contributed by atoms with Crippen molar-refractivity contribution in [2.45, 2.75) is 45.1 Å². The van der Waals surface area contributed by atoms with Crippen molar-refractivity contribution in [2.75, 3.05) is 45.8 Å². The van der Waals surface area contributed by atoms with Gasteiger partial charge in [-0.25, -0.2) is 0 Å². The van der Waals surface area contributed by atoms with Crippen LogP contribution in [0.4, 0.5) is 0 Å². The molecular weight excluding hydrogens is 310 g/mol. The number of carbonyl (C=O) groups is 1. The van der Waals surface area contributed by atoms with Crippen LogP contribution in [0.1, 0.15) is 38.2 Å². The maximum Gasteiger partial charge on any atom is 0.240 e. The molecule has 138 valence electrons. The zero-order valence-corrected chi connectivity index (χ0v) is 15.7. The van der Waals surface area contributed by atoms with Crippen molar-refractivity contribution in [1.82, 2.24) is 14.7 Å². The van der Waals surface area contributed by atoms with Gasteiger partial charge in [0.2, 0.25) is 5.91 Å². The second kappa shape index (κ2) is 9.35. The molecule has 0 bridgehead atoms. The molecule has 2 aliphatic heterocycles. The second-order valence-corrected chi connectivity index (χ2v) is 7.40. The molecule has 1 aromatic carbocycles. The predicted octanol–water partition coefficient (Wildman–Crippen LogP) is 2.64. The summed E-state index contributed by atoms with van der Waals surface area (Å²) in [5.74, 6) is 0.380. The normalized spacial score (nSPS) is 22.9. The Morgan fingerprint density at radius 2 is 1.80 bits per heavy atom. The average molecular weight is 344 g/mol.